The lowest BCUT2D eigenvalue weighted by atomic mass is 10.1. The Bertz CT molecular complexity index is 418. The van der Waals surface area contributed by atoms with Gasteiger partial charge in [-0.3, -0.25) is 9.59 Å². The van der Waals surface area contributed by atoms with E-state index >= 15 is 0 Å². The highest BCUT2D eigenvalue weighted by molar-refractivity contribution is 5.96. The molecule has 0 heterocycles. The van der Waals surface area contributed by atoms with E-state index in [9.17, 15) is 9.59 Å². The van der Waals surface area contributed by atoms with Gasteiger partial charge in [-0.15, -0.1) is 0 Å². The Morgan fingerprint density at radius 3 is 2.14 bits per heavy atom. The van der Waals surface area contributed by atoms with Gasteiger partial charge in [0, 0.05) is 13.1 Å². The number of hydrogen-bond acceptors (Lipinski definition) is 2. The van der Waals surface area contributed by atoms with Crippen molar-refractivity contribution in [1.82, 2.24) is 10.6 Å². The molecule has 1 aromatic carbocycles. The molecule has 0 spiro atoms. The van der Waals surface area contributed by atoms with E-state index in [1.54, 1.807) is 0 Å². The smallest absolute Gasteiger partial charge is 0.229 e. The number of hydrogen-bond donors (Lipinski definition) is 2. The van der Waals surface area contributed by atoms with Crippen LogP contribution >= 0.6 is 0 Å². The van der Waals surface area contributed by atoms with Gasteiger partial charge in [-0.05, 0) is 24.8 Å². The molecule has 0 saturated heterocycles. The Balaban J connectivity index is 2.04. The summed E-state index contributed by atoms with van der Waals surface area (Å²) in [6, 6.07) is 10.2. The van der Waals surface area contributed by atoms with Crippen molar-refractivity contribution in [2.24, 2.45) is 0 Å². The molecule has 116 valence electrons. The van der Waals surface area contributed by atoms with E-state index in [4.69, 9.17) is 0 Å². The van der Waals surface area contributed by atoms with Crippen LogP contribution in [-0.4, -0.2) is 24.9 Å². The molecule has 0 fully saturated rings. The first-order valence-electron chi connectivity index (χ1n) is 7.79. The maximum absolute atomic E-state index is 11.6. The number of amides is 2. The first-order chi connectivity index (χ1) is 10.2. The Morgan fingerprint density at radius 1 is 0.905 bits per heavy atom. The summed E-state index contributed by atoms with van der Waals surface area (Å²) in [6.45, 7) is 3.38. The molecule has 2 amide bonds. The van der Waals surface area contributed by atoms with Crippen LogP contribution in [0.2, 0.25) is 0 Å². The van der Waals surface area contributed by atoms with Crippen molar-refractivity contribution < 1.29 is 9.59 Å². The van der Waals surface area contributed by atoms with Gasteiger partial charge in [-0.1, -0.05) is 50.1 Å². The molecular weight excluding hydrogens is 264 g/mol. The summed E-state index contributed by atoms with van der Waals surface area (Å²) in [6.07, 6.45) is 4.94. The Hall–Kier alpha value is -1.84. The summed E-state index contributed by atoms with van der Waals surface area (Å²) in [5.74, 6) is -0.386. The zero-order valence-electron chi connectivity index (χ0n) is 12.9. The molecule has 0 saturated carbocycles. The highest BCUT2D eigenvalue weighted by Gasteiger charge is 2.07. The number of unbranched alkanes of at least 4 members (excludes halogenated alkanes) is 2. The van der Waals surface area contributed by atoms with Gasteiger partial charge in [0.1, 0.15) is 6.42 Å². The summed E-state index contributed by atoms with van der Waals surface area (Å²) >= 11 is 0. The standard InChI is InChI=1S/C17H26N2O2/c1-2-3-7-12-18-16(20)14-17(21)19-13-8-11-15-9-5-4-6-10-15/h4-6,9-10H,2-3,7-8,11-14H2,1H3,(H,18,20)(H,19,21). The first kappa shape index (κ1) is 17.2. The van der Waals surface area contributed by atoms with Gasteiger partial charge in [-0.2, -0.15) is 0 Å². The fraction of sp³-hybridized carbons (Fsp3) is 0.529. The van der Waals surface area contributed by atoms with Crippen molar-refractivity contribution in [3.05, 3.63) is 35.9 Å². The average molecular weight is 290 g/mol. The van der Waals surface area contributed by atoms with Crippen LogP contribution in [0.25, 0.3) is 0 Å². The van der Waals surface area contributed by atoms with Crippen LogP contribution in [-0.2, 0) is 16.0 Å². The summed E-state index contributed by atoms with van der Waals surface area (Å²) in [7, 11) is 0. The molecule has 0 atom stereocenters. The zero-order valence-corrected chi connectivity index (χ0v) is 12.9. The van der Waals surface area contributed by atoms with E-state index < -0.39 is 0 Å². The lowest BCUT2D eigenvalue weighted by molar-refractivity contribution is -0.129. The lowest BCUT2D eigenvalue weighted by Gasteiger charge is -2.06. The third-order valence-corrected chi connectivity index (χ3v) is 3.23. The molecule has 0 unspecified atom stereocenters. The Kier molecular flexibility index (Phi) is 8.93. The van der Waals surface area contributed by atoms with E-state index in [1.807, 2.05) is 18.2 Å². The lowest BCUT2D eigenvalue weighted by Crippen LogP contribution is -2.32. The second-order valence-electron chi connectivity index (χ2n) is 5.17. The average Bonchev–Trinajstić information content (AvgIpc) is 2.49. The fourth-order valence-electron chi connectivity index (χ4n) is 2.04. The first-order valence-corrected chi connectivity index (χ1v) is 7.79. The quantitative estimate of drug-likeness (QED) is 0.513. The van der Waals surface area contributed by atoms with Crippen molar-refractivity contribution in [1.29, 1.82) is 0 Å². The number of carbonyl (C=O) groups excluding carboxylic acids is 2. The molecule has 0 aliphatic heterocycles. The monoisotopic (exact) mass is 290 g/mol. The third-order valence-electron chi connectivity index (χ3n) is 3.23. The molecule has 0 radical (unpaired) electrons. The molecule has 1 rings (SSSR count). The second kappa shape index (κ2) is 10.9. The van der Waals surface area contributed by atoms with E-state index in [-0.39, 0.29) is 18.2 Å². The van der Waals surface area contributed by atoms with E-state index in [1.165, 1.54) is 5.56 Å². The van der Waals surface area contributed by atoms with Crippen molar-refractivity contribution in [3.8, 4) is 0 Å². The van der Waals surface area contributed by atoms with Gasteiger partial charge in [-0.25, -0.2) is 0 Å². The SMILES string of the molecule is CCCCCNC(=O)CC(=O)NCCCc1ccccc1. The molecule has 1 aromatic rings. The van der Waals surface area contributed by atoms with Crippen LogP contribution in [0.5, 0.6) is 0 Å². The predicted octanol–water partition coefficient (Wildman–Crippen LogP) is 2.43. The summed E-state index contributed by atoms with van der Waals surface area (Å²) < 4.78 is 0. The number of rotatable bonds is 10. The van der Waals surface area contributed by atoms with E-state index in [0.29, 0.717) is 13.1 Å². The highest BCUT2D eigenvalue weighted by Crippen LogP contribution is 2.01. The van der Waals surface area contributed by atoms with Crippen LogP contribution in [0.15, 0.2) is 30.3 Å². The minimum Gasteiger partial charge on any atom is -0.356 e. The molecule has 21 heavy (non-hydrogen) atoms. The predicted molar refractivity (Wildman–Crippen MR) is 84.9 cm³/mol. The molecular formula is C17H26N2O2. The van der Waals surface area contributed by atoms with Crippen LogP contribution in [0.1, 0.15) is 44.6 Å². The van der Waals surface area contributed by atoms with Crippen molar-refractivity contribution in [2.75, 3.05) is 13.1 Å². The summed E-state index contributed by atoms with van der Waals surface area (Å²) in [4.78, 5) is 23.1. The maximum atomic E-state index is 11.6. The van der Waals surface area contributed by atoms with Gasteiger partial charge in [0.2, 0.25) is 11.8 Å². The Morgan fingerprint density at radius 2 is 1.52 bits per heavy atom. The summed E-state index contributed by atoms with van der Waals surface area (Å²) in [5, 5.41) is 5.55. The Labute approximate surface area is 127 Å². The van der Waals surface area contributed by atoms with E-state index in [0.717, 1.165) is 32.1 Å². The van der Waals surface area contributed by atoms with Gasteiger partial charge in [0.05, 0.1) is 0 Å². The van der Waals surface area contributed by atoms with Gasteiger partial charge in [0.25, 0.3) is 0 Å². The molecule has 2 N–H and O–H groups in total. The number of carbonyl (C=O) groups is 2. The van der Waals surface area contributed by atoms with Gasteiger partial charge >= 0.3 is 0 Å². The fourth-order valence-corrected chi connectivity index (χ4v) is 2.04. The minimum absolute atomic E-state index is 0.0720. The molecule has 4 nitrogen and oxygen atoms in total. The van der Waals surface area contributed by atoms with Crippen molar-refractivity contribution >= 4 is 11.8 Å². The normalized spacial score (nSPS) is 10.1. The summed E-state index contributed by atoms with van der Waals surface area (Å²) in [5.41, 5.74) is 1.26. The molecule has 0 aliphatic rings. The molecule has 0 bridgehead atoms. The minimum atomic E-state index is -0.198. The molecule has 0 aliphatic carbocycles. The molecule has 0 aromatic heterocycles. The number of nitrogens with one attached hydrogen (secondary N) is 2. The van der Waals surface area contributed by atoms with Crippen LogP contribution in [0.3, 0.4) is 0 Å². The third kappa shape index (κ3) is 8.84. The van der Waals surface area contributed by atoms with Crippen molar-refractivity contribution in [3.63, 3.8) is 0 Å². The second-order valence-corrected chi connectivity index (χ2v) is 5.17. The number of aryl methyl sites for hydroxylation is 1. The van der Waals surface area contributed by atoms with Crippen LogP contribution in [0.4, 0.5) is 0 Å². The number of benzene rings is 1. The molecule has 4 heteroatoms. The van der Waals surface area contributed by atoms with Gasteiger partial charge in [0.15, 0.2) is 0 Å². The van der Waals surface area contributed by atoms with Crippen molar-refractivity contribution in [2.45, 2.75) is 45.4 Å². The topological polar surface area (TPSA) is 58.2 Å². The van der Waals surface area contributed by atoms with Crippen LogP contribution < -0.4 is 10.6 Å². The van der Waals surface area contributed by atoms with Crippen LogP contribution in [0, 0.1) is 0 Å². The van der Waals surface area contributed by atoms with E-state index in [2.05, 4.69) is 29.7 Å². The van der Waals surface area contributed by atoms with Gasteiger partial charge < -0.3 is 10.6 Å². The maximum Gasteiger partial charge on any atom is 0.229 e. The highest BCUT2D eigenvalue weighted by atomic mass is 16.2. The largest absolute Gasteiger partial charge is 0.356 e. The zero-order chi connectivity index (χ0) is 15.3.